The minimum absolute atomic E-state index is 0.369. The normalized spacial score (nSPS) is 23.4. The smallest absolute Gasteiger partial charge is 0.311 e. The predicted octanol–water partition coefficient (Wildman–Crippen LogP) is 1.25. The second-order valence-corrected chi connectivity index (χ2v) is 4.55. The highest BCUT2D eigenvalue weighted by atomic mass is 16.4. The molecule has 1 saturated heterocycles. The summed E-state index contributed by atoms with van der Waals surface area (Å²) in [6.45, 7) is 2.94. The van der Waals surface area contributed by atoms with E-state index in [4.69, 9.17) is 10.4 Å². The molecule has 5 nitrogen and oxygen atoms in total. The number of carboxylic acids is 1. The number of rotatable bonds is 2. The number of aromatic nitrogens is 1. The van der Waals surface area contributed by atoms with Gasteiger partial charge in [0.15, 0.2) is 0 Å². The SMILES string of the molecule is CC1(C(=O)O)CCN(c2ccc(C#N)nc2)C1. The zero-order valence-corrected chi connectivity index (χ0v) is 9.55. The summed E-state index contributed by atoms with van der Waals surface area (Å²) in [5, 5.41) is 17.8. The van der Waals surface area contributed by atoms with E-state index >= 15 is 0 Å². The fraction of sp³-hybridized carbons (Fsp3) is 0.417. The average Bonchev–Trinajstić information content (AvgIpc) is 2.74. The largest absolute Gasteiger partial charge is 0.481 e. The molecule has 1 unspecified atom stereocenters. The Balaban J connectivity index is 2.15. The molecule has 17 heavy (non-hydrogen) atoms. The van der Waals surface area contributed by atoms with Gasteiger partial charge in [-0.2, -0.15) is 5.26 Å². The first-order valence-electron chi connectivity index (χ1n) is 5.40. The summed E-state index contributed by atoms with van der Waals surface area (Å²) in [7, 11) is 0. The summed E-state index contributed by atoms with van der Waals surface area (Å²) in [4.78, 5) is 17.1. The third-order valence-electron chi connectivity index (χ3n) is 3.22. The third-order valence-corrected chi connectivity index (χ3v) is 3.22. The minimum atomic E-state index is -0.762. The van der Waals surface area contributed by atoms with Gasteiger partial charge in [0.2, 0.25) is 0 Å². The van der Waals surface area contributed by atoms with Crippen LogP contribution in [0.2, 0.25) is 0 Å². The lowest BCUT2D eigenvalue weighted by molar-refractivity contribution is -0.146. The van der Waals surface area contributed by atoms with Crippen LogP contribution < -0.4 is 4.90 Å². The number of nitrogens with zero attached hydrogens (tertiary/aromatic N) is 3. The highest BCUT2D eigenvalue weighted by Crippen LogP contribution is 2.33. The Morgan fingerprint density at radius 3 is 2.88 bits per heavy atom. The Labute approximate surface area is 99.3 Å². The van der Waals surface area contributed by atoms with E-state index in [1.165, 1.54) is 0 Å². The van der Waals surface area contributed by atoms with Crippen LogP contribution in [-0.4, -0.2) is 29.1 Å². The molecule has 1 atom stereocenters. The molecule has 2 heterocycles. The van der Waals surface area contributed by atoms with E-state index in [0.717, 1.165) is 5.69 Å². The highest BCUT2D eigenvalue weighted by molar-refractivity contribution is 5.76. The van der Waals surface area contributed by atoms with Gasteiger partial charge in [-0.1, -0.05) is 0 Å². The molecule has 0 radical (unpaired) electrons. The molecule has 0 amide bonds. The van der Waals surface area contributed by atoms with Crippen LogP contribution in [0.15, 0.2) is 18.3 Å². The molecule has 1 N–H and O–H groups in total. The van der Waals surface area contributed by atoms with E-state index in [-0.39, 0.29) is 0 Å². The summed E-state index contributed by atoms with van der Waals surface area (Å²) < 4.78 is 0. The summed E-state index contributed by atoms with van der Waals surface area (Å²) in [5.74, 6) is -0.762. The van der Waals surface area contributed by atoms with Crippen LogP contribution in [-0.2, 0) is 4.79 Å². The maximum Gasteiger partial charge on any atom is 0.311 e. The molecule has 1 aromatic rings. The van der Waals surface area contributed by atoms with Gasteiger partial charge in [0.05, 0.1) is 17.3 Å². The van der Waals surface area contributed by atoms with Crippen LogP contribution in [0.25, 0.3) is 0 Å². The summed E-state index contributed by atoms with van der Waals surface area (Å²) in [6.07, 6.45) is 2.24. The lowest BCUT2D eigenvalue weighted by Crippen LogP contribution is -2.31. The van der Waals surface area contributed by atoms with Crippen LogP contribution >= 0.6 is 0 Å². The number of hydrogen-bond acceptors (Lipinski definition) is 4. The Morgan fingerprint density at radius 2 is 2.41 bits per heavy atom. The predicted molar refractivity (Wildman–Crippen MR) is 61.5 cm³/mol. The summed E-state index contributed by atoms with van der Waals surface area (Å²) in [5.41, 5.74) is 0.552. The van der Waals surface area contributed by atoms with Crippen molar-refractivity contribution in [2.24, 2.45) is 5.41 Å². The van der Waals surface area contributed by atoms with Crippen molar-refractivity contribution in [2.75, 3.05) is 18.0 Å². The van der Waals surface area contributed by atoms with E-state index in [2.05, 4.69) is 4.98 Å². The maximum absolute atomic E-state index is 11.1. The maximum atomic E-state index is 11.1. The van der Waals surface area contributed by atoms with Crippen LogP contribution in [0.5, 0.6) is 0 Å². The molecule has 0 bridgehead atoms. The number of carbonyl (C=O) groups is 1. The van der Waals surface area contributed by atoms with Gasteiger partial charge in [-0.3, -0.25) is 4.79 Å². The highest BCUT2D eigenvalue weighted by Gasteiger charge is 2.40. The molecule has 1 aliphatic rings. The van der Waals surface area contributed by atoms with E-state index in [9.17, 15) is 4.79 Å². The molecular formula is C12H13N3O2. The zero-order valence-electron chi connectivity index (χ0n) is 9.55. The number of pyridine rings is 1. The van der Waals surface area contributed by atoms with Crippen LogP contribution in [0.4, 0.5) is 5.69 Å². The van der Waals surface area contributed by atoms with Crippen molar-refractivity contribution in [2.45, 2.75) is 13.3 Å². The number of nitriles is 1. The second kappa shape index (κ2) is 4.06. The number of aliphatic carboxylic acids is 1. The Bertz CT molecular complexity index is 478. The first-order valence-corrected chi connectivity index (χ1v) is 5.40. The molecule has 0 spiro atoms. The number of carboxylic acid groups (broad SMARTS) is 1. The minimum Gasteiger partial charge on any atom is -0.481 e. The first-order chi connectivity index (χ1) is 8.05. The molecule has 2 rings (SSSR count). The number of anilines is 1. The van der Waals surface area contributed by atoms with Crippen molar-refractivity contribution < 1.29 is 9.90 Å². The van der Waals surface area contributed by atoms with Crippen molar-refractivity contribution in [1.29, 1.82) is 5.26 Å². The molecule has 1 aliphatic heterocycles. The Hall–Kier alpha value is -2.09. The molecule has 0 saturated carbocycles. The van der Waals surface area contributed by atoms with Gasteiger partial charge in [0.1, 0.15) is 11.8 Å². The van der Waals surface area contributed by atoms with Crippen LogP contribution in [0, 0.1) is 16.7 Å². The topological polar surface area (TPSA) is 77.2 Å². The molecule has 1 aromatic heterocycles. The van der Waals surface area contributed by atoms with Gasteiger partial charge in [0, 0.05) is 13.1 Å². The van der Waals surface area contributed by atoms with Crippen LogP contribution in [0.1, 0.15) is 19.0 Å². The van der Waals surface area contributed by atoms with E-state index < -0.39 is 11.4 Å². The standard InChI is InChI=1S/C12H13N3O2/c1-12(11(16)17)4-5-15(8-12)10-3-2-9(6-13)14-7-10/h2-3,7H,4-5,8H2,1H3,(H,16,17). The monoisotopic (exact) mass is 231 g/mol. The fourth-order valence-electron chi connectivity index (χ4n) is 2.00. The van der Waals surface area contributed by atoms with E-state index in [0.29, 0.717) is 25.2 Å². The van der Waals surface area contributed by atoms with E-state index in [1.807, 2.05) is 11.0 Å². The molecule has 88 valence electrons. The average molecular weight is 231 g/mol. The molecule has 0 aliphatic carbocycles. The van der Waals surface area contributed by atoms with Crippen LogP contribution in [0.3, 0.4) is 0 Å². The Kier molecular flexibility index (Phi) is 2.72. The van der Waals surface area contributed by atoms with Gasteiger partial charge < -0.3 is 10.0 Å². The first kappa shape index (κ1) is 11.4. The Morgan fingerprint density at radius 1 is 1.65 bits per heavy atom. The van der Waals surface area contributed by atoms with Crippen molar-refractivity contribution in [3.05, 3.63) is 24.0 Å². The third kappa shape index (κ3) is 2.07. The zero-order chi connectivity index (χ0) is 12.5. The molecule has 0 aromatic carbocycles. The lowest BCUT2D eigenvalue weighted by Gasteiger charge is -2.21. The summed E-state index contributed by atoms with van der Waals surface area (Å²) in [6, 6.07) is 5.40. The second-order valence-electron chi connectivity index (χ2n) is 4.55. The van der Waals surface area contributed by atoms with Crippen molar-refractivity contribution in [3.8, 4) is 6.07 Å². The molecule has 5 heteroatoms. The van der Waals surface area contributed by atoms with Gasteiger partial charge in [-0.05, 0) is 25.5 Å². The quantitative estimate of drug-likeness (QED) is 0.829. The summed E-state index contributed by atoms with van der Waals surface area (Å²) >= 11 is 0. The van der Waals surface area contributed by atoms with E-state index in [1.54, 1.807) is 25.3 Å². The van der Waals surface area contributed by atoms with Crippen molar-refractivity contribution >= 4 is 11.7 Å². The molecule has 1 fully saturated rings. The van der Waals surface area contributed by atoms with Gasteiger partial charge >= 0.3 is 5.97 Å². The van der Waals surface area contributed by atoms with Crippen molar-refractivity contribution in [1.82, 2.24) is 4.98 Å². The number of hydrogen-bond donors (Lipinski definition) is 1. The van der Waals surface area contributed by atoms with Gasteiger partial charge in [-0.25, -0.2) is 4.98 Å². The van der Waals surface area contributed by atoms with Crippen molar-refractivity contribution in [3.63, 3.8) is 0 Å². The van der Waals surface area contributed by atoms with Gasteiger partial charge in [-0.15, -0.1) is 0 Å². The fourth-order valence-corrected chi connectivity index (χ4v) is 2.00. The molecular weight excluding hydrogens is 218 g/mol. The van der Waals surface area contributed by atoms with Gasteiger partial charge in [0.25, 0.3) is 0 Å². The lowest BCUT2D eigenvalue weighted by atomic mass is 9.90.